The van der Waals surface area contributed by atoms with Crippen LogP contribution in [0.1, 0.15) is 35.3 Å². The number of rotatable bonds is 3. The highest BCUT2D eigenvalue weighted by atomic mass is 16.1. The van der Waals surface area contributed by atoms with Crippen LogP contribution in [0.3, 0.4) is 0 Å². The van der Waals surface area contributed by atoms with Crippen molar-refractivity contribution in [2.24, 2.45) is 0 Å². The minimum Gasteiger partial charge on any atom is -0.308 e. The smallest absolute Gasteiger partial charge is 0.261 e. The molecule has 1 aromatic heterocycles. The van der Waals surface area contributed by atoms with E-state index in [1.165, 1.54) is 12.5 Å². The number of Topliss-reactive ketones (excluding diaryl/α,β-unsaturated/α-hetero) is 1. The number of hydrogen-bond donors (Lipinski definition) is 0. The molecule has 2 rings (SSSR count). The van der Waals surface area contributed by atoms with Crippen molar-refractivity contribution in [3.05, 3.63) is 57.4 Å². The van der Waals surface area contributed by atoms with Crippen molar-refractivity contribution in [2.45, 2.75) is 34.2 Å². The van der Waals surface area contributed by atoms with Crippen molar-refractivity contribution in [1.82, 2.24) is 4.57 Å². The zero-order valence-corrected chi connectivity index (χ0v) is 12.4. The van der Waals surface area contributed by atoms with Crippen LogP contribution in [-0.2, 0) is 6.54 Å². The lowest BCUT2D eigenvalue weighted by molar-refractivity contribution is 0.101. The van der Waals surface area contributed by atoms with E-state index in [9.17, 15) is 9.59 Å². The number of pyridine rings is 1. The maximum absolute atomic E-state index is 12.4. The number of ketones is 1. The van der Waals surface area contributed by atoms with Crippen molar-refractivity contribution in [3.63, 3.8) is 0 Å². The number of hydrogen-bond acceptors (Lipinski definition) is 2. The van der Waals surface area contributed by atoms with E-state index in [1.54, 1.807) is 10.6 Å². The van der Waals surface area contributed by atoms with Crippen LogP contribution < -0.4 is 5.56 Å². The Morgan fingerprint density at radius 2 is 1.85 bits per heavy atom. The van der Waals surface area contributed by atoms with Gasteiger partial charge < -0.3 is 4.57 Å². The highest BCUT2D eigenvalue weighted by Crippen LogP contribution is 2.23. The molecule has 0 saturated heterocycles. The second-order valence-corrected chi connectivity index (χ2v) is 5.06. The molecule has 0 fully saturated rings. The fraction of sp³-hybridized carbons (Fsp3) is 0.294. The number of aryl methyl sites for hydroxylation is 2. The Morgan fingerprint density at radius 1 is 1.15 bits per heavy atom. The minimum atomic E-state index is -0.211. The topological polar surface area (TPSA) is 39.1 Å². The van der Waals surface area contributed by atoms with Crippen molar-refractivity contribution in [1.29, 1.82) is 0 Å². The van der Waals surface area contributed by atoms with Gasteiger partial charge in [0, 0.05) is 12.1 Å². The monoisotopic (exact) mass is 269 g/mol. The molecule has 0 saturated carbocycles. The summed E-state index contributed by atoms with van der Waals surface area (Å²) in [7, 11) is 0. The van der Waals surface area contributed by atoms with Gasteiger partial charge >= 0.3 is 0 Å². The molecule has 0 aliphatic carbocycles. The second kappa shape index (κ2) is 5.45. The van der Waals surface area contributed by atoms with Gasteiger partial charge in [-0.2, -0.15) is 0 Å². The Balaban J connectivity index is 2.72. The zero-order chi connectivity index (χ0) is 14.9. The molecule has 20 heavy (non-hydrogen) atoms. The van der Waals surface area contributed by atoms with Gasteiger partial charge in [0.25, 0.3) is 5.56 Å². The first kappa shape index (κ1) is 14.3. The standard InChI is InChI=1S/C17H19NO2/c1-5-18-16(9-8-15(13(4)19)17(18)20)14-7-6-11(2)10-12(14)3/h6-10H,5H2,1-4H3. The molecular formula is C17H19NO2. The van der Waals surface area contributed by atoms with Crippen LogP contribution in [0.15, 0.2) is 35.1 Å². The molecule has 0 bridgehead atoms. The van der Waals surface area contributed by atoms with E-state index in [0.29, 0.717) is 6.54 Å². The molecule has 0 radical (unpaired) electrons. The fourth-order valence-corrected chi connectivity index (χ4v) is 2.50. The molecule has 1 aromatic carbocycles. The van der Waals surface area contributed by atoms with Crippen LogP contribution in [-0.4, -0.2) is 10.4 Å². The van der Waals surface area contributed by atoms with E-state index in [4.69, 9.17) is 0 Å². The third-order valence-electron chi connectivity index (χ3n) is 3.53. The molecule has 3 nitrogen and oxygen atoms in total. The Bertz CT molecular complexity index is 726. The first-order chi connectivity index (χ1) is 9.45. The number of nitrogens with zero attached hydrogens (tertiary/aromatic N) is 1. The summed E-state index contributed by atoms with van der Waals surface area (Å²) < 4.78 is 1.66. The van der Waals surface area contributed by atoms with Gasteiger partial charge in [0.15, 0.2) is 5.78 Å². The Hall–Kier alpha value is -2.16. The summed E-state index contributed by atoms with van der Waals surface area (Å²) in [5, 5.41) is 0. The molecule has 0 spiro atoms. The maximum atomic E-state index is 12.4. The quantitative estimate of drug-likeness (QED) is 0.801. The molecule has 3 heteroatoms. The van der Waals surface area contributed by atoms with Gasteiger partial charge in [-0.3, -0.25) is 9.59 Å². The van der Waals surface area contributed by atoms with Crippen molar-refractivity contribution in [2.75, 3.05) is 0 Å². The molecule has 104 valence electrons. The summed E-state index contributed by atoms with van der Waals surface area (Å²) >= 11 is 0. The Kier molecular flexibility index (Phi) is 3.89. The average molecular weight is 269 g/mol. The van der Waals surface area contributed by atoms with E-state index in [0.717, 1.165) is 16.8 Å². The van der Waals surface area contributed by atoms with Crippen molar-refractivity contribution < 1.29 is 4.79 Å². The van der Waals surface area contributed by atoms with Crippen LogP contribution in [0.25, 0.3) is 11.3 Å². The highest BCUT2D eigenvalue weighted by molar-refractivity contribution is 5.94. The first-order valence-electron chi connectivity index (χ1n) is 6.78. The van der Waals surface area contributed by atoms with Gasteiger partial charge in [-0.05, 0) is 45.4 Å². The lowest BCUT2D eigenvalue weighted by Gasteiger charge is -2.14. The van der Waals surface area contributed by atoms with Crippen molar-refractivity contribution in [3.8, 4) is 11.3 Å². The molecule has 0 N–H and O–H groups in total. The summed E-state index contributed by atoms with van der Waals surface area (Å²) in [6.07, 6.45) is 0. The Labute approximate surface area is 118 Å². The average Bonchev–Trinajstić information content (AvgIpc) is 2.38. The molecule has 0 amide bonds. The number of carbonyl (C=O) groups is 1. The van der Waals surface area contributed by atoms with Crippen LogP contribution >= 0.6 is 0 Å². The molecule has 0 unspecified atom stereocenters. The molecule has 1 heterocycles. The summed E-state index contributed by atoms with van der Waals surface area (Å²) in [6.45, 7) is 7.96. The third-order valence-corrected chi connectivity index (χ3v) is 3.53. The van der Waals surface area contributed by atoms with E-state index in [2.05, 4.69) is 6.07 Å². The normalized spacial score (nSPS) is 10.6. The molecular weight excluding hydrogens is 250 g/mol. The lowest BCUT2D eigenvalue weighted by atomic mass is 10.0. The lowest BCUT2D eigenvalue weighted by Crippen LogP contribution is -2.26. The van der Waals surface area contributed by atoms with Crippen molar-refractivity contribution >= 4 is 5.78 Å². The number of benzene rings is 1. The summed E-state index contributed by atoms with van der Waals surface area (Å²) in [6, 6.07) is 9.65. The summed E-state index contributed by atoms with van der Waals surface area (Å²) in [4.78, 5) is 23.8. The van der Waals surface area contributed by atoms with Gasteiger partial charge in [0.1, 0.15) is 0 Å². The van der Waals surface area contributed by atoms with E-state index < -0.39 is 0 Å². The largest absolute Gasteiger partial charge is 0.308 e. The predicted octanol–water partition coefficient (Wildman–Crippen LogP) is 3.35. The molecule has 2 aromatic rings. The third kappa shape index (κ3) is 2.44. The second-order valence-electron chi connectivity index (χ2n) is 5.06. The number of carbonyl (C=O) groups excluding carboxylic acids is 1. The zero-order valence-electron chi connectivity index (χ0n) is 12.4. The van der Waals surface area contributed by atoms with Gasteiger partial charge in [0.2, 0.25) is 0 Å². The van der Waals surface area contributed by atoms with E-state index >= 15 is 0 Å². The molecule has 0 aliphatic heterocycles. The summed E-state index contributed by atoms with van der Waals surface area (Å²) in [5.74, 6) is -0.190. The molecule has 0 aliphatic rings. The maximum Gasteiger partial charge on any atom is 0.261 e. The fourth-order valence-electron chi connectivity index (χ4n) is 2.50. The van der Waals surface area contributed by atoms with Crippen LogP contribution in [0.2, 0.25) is 0 Å². The minimum absolute atomic E-state index is 0.190. The highest BCUT2D eigenvalue weighted by Gasteiger charge is 2.13. The first-order valence-corrected chi connectivity index (χ1v) is 6.78. The van der Waals surface area contributed by atoms with E-state index in [1.807, 2.05) is 39.0 Å². The SMILES string of the molecule is CCn1c(-c2ccc(C)cc2C)ccc(C(C)=O)c1=O. The van der Waals surface area contributed by atoms with Crippen LogP contribution in [0.5, 0.6) is 0 Å². The Morgan fingerprint density at radius 3 is 2.40 bits per heavy atom. The number of aromatic nitrogens is 1. The van der Waals surface area contributed by atoms with Gasteiger partial charge in [0.05, 0.1) is 11.3 Å². The van der Waals surface area contributed by atoms with Crippen LogP contribution in [0, 0.1) is 13.8 Å². The van der Waals surface area contributed by atoms with E-state index in [-0.39, 0.29) is 16.9 Å². The van der Waals surface area contributed by atoms with Crippen LogP contribution in [0.4, 0.5) is 0 Å². The molecule has 0 atom stereocenters. The van der Waals surface area contributed by atoms with Gasteiger partial charge in [-0.1, -0.05) is 23.8 Å². The van der Waals surface area contributed by atoms with Gasteiger partial charge in [-0.25, -0.2) is 0 Å². The predicted molar refractivity (Wildman–Crippen MR) is 81.3 cm³/mol. The summed E-state index contributed by atoms with van der Waals surface area (Å²) in [5.41, 5.74) is 4.25. The van der Waals surface area contributed by atoms with Gasteiger partial charge in [-0.15, -0.1) is 0 Å².